The van der Waals surface area contributed by atoms with E-state index in [0.29, 0.717) is 27.5 Å². The third-order valence-corrected chi connectivity index (χ3v) is 3.03. The van der Waals surface area contributed by atoms with Crippen LogP contribution < -0.4 is 5.43 Å². The van der Waals surface area contributed by atoms with E-state index in [1.807, 2.05) is 0 Å². The van der Waals surface area contributed by atoms with Crippen molar-refractivity contribution >= 4 is 27.4 Å². The molecule has 0 saturated heterocycles. The van der Waals surface area contributed by atoms with Crippen LogP contribution in [-0.2, 0) is 0 Å². The van der Waals surface area contributed by atoms with Crippen LogP contribution in [0.25, 0.3) is 21.7 Å². The van der Waals surface area contributed by atoms with E-state index in [9.17, 15) is 14.9 Å². The van der Waals surface area contributed by atoms with Crippen LogP contribution in [-0.4, -0.2) is 4.92 Å². The maximum absolute atomic E-state index is 12.0. The van der Waals surface area contributed by atoms with E-state index in [1.54, 1.807) is 25.1 Å². The fraction of sp³-hybridized carbons (Fsp3) is 0.0714. The summed E-state index contributed by atoms with van der Waals surface area (Å²) >= 11 is 0. The van der Waals surface area contributed by atoms with Crippen molar-refractivity contribution in [2.24, 2.45) is 0 Å². The van der Waals surface area contributed by atoms with Crippen molar-refractivity contribution in [1.29, 1.82) is 0 Å². The molecule has 0 aliphatic heterocycles. The van der Waals surface area contributed by atoms with Gasteiger partial charge >= 0.3 is 0 Å². The topological polar surface area (TPSA) is 73.3 Å². The number of hydrogen-bond acceptors (Lipinski definition) is 4. The molecule has 5 heteroatoms. The maximum Gasteiger partial charge on any atom is 0.270 e. The number of nitrogens with zero attached hydrogens (tertiary/aromatic N) is 1. The SMILES string of the molecule is Cc1cc(=O)c2c(ccc3cc([N+](=O)[O-])ccc32)o1. The third-order valence-electron chi connectivity index (χ3n) is 3.03. The zero-order chi connectivity index (χ0) is 13.6. The van der Waals surface area contributed by atoms with Gasteiger partial charge in [-0.15, -0.1) is 0 Å². The van der Waals surface area contributed by atoms with Gasteiger partial charge in [0.15, 0.2) is 5.43 Å². The monoisotopic (exact) mass is 255 g/mol. The van der Waals surface area contributed by atoms with Crippen LogP contribution >= 0.6 is 0 Å². The fourth-order valence-electron chi connectivity index (χ4n) is 2.21. The second-order valence-corrected chi connectivity index (χ2v) is 4.32. The minimum Gasteiger partial charge on any atom is -0.461 e. The van der Waals surface area contributed by atoms with Gasteiger partial charge in [0.05, 0.1) is 10.3 Å². The van der Waals surface area contributed by atoms with E-state index in [2.05, 4.69) is 0 Å². The number of hydrogen-bond donors (Lipinski definition) is 0. The Bertz CT molecular complexity index is 880. The van der Waals surface area contributed by atoms with Crippen molar-refractivity contribution in [2.75, 3.05) is 0 Å². The molecule has 1 aromatic heterocycles. The molecule has 5 nitrogen and oxygen atoms in total. The average molecular weight is 255 g/mol. The van der Waals surface area contributed by atoms with Crippen molar-refractivity contribution in [1.82, 2.24) is 0 Å². The van der Waals surface area contributed by atoms with E-state index in [1.165, 1.54) is 18.2 Å². The summed E-state index contributed by atoms with van der Waals surface area (Å²) in [6, 6.07) is 9.23. The van der Waals surface area contributed by atoms with Crippen LogP contribution in [0, 0.1) is 17.0 Å². The van der Waals surface area contributed by atoms with Crippen molar-refractivity contribution in [3.8, 4) is 0 Å². The molecule has 0 N–H and O–H groups in total. The van der Waals surface area contributed by atoms with E-state index in [4.69, 9.17) is 4.42 Å². The highest BCUT2D eigenvalue weighted by Gasteiger charge is 2.11. The molecule has 0 bridgehead atoms. The average Bonchev–Trinajstić information content (AvgIpc) is 2.36. The standard InChI is InChI=1S/C14H9NO4/c1-8-6-12(16)14-11-4-3-10(15(17)18)7-9(11)2-5-13(14)19-8/h2-7H,1H3. The van der Waals surface area contributed by atoms with Gasteiger partial charge in [-0.25, -0.2) is 0 Å². The van der Waals surface area contributed by atoms with Gasteiger partial charge in [0, 0.05) is 18.2 Å². The first-order chi connectivity index (χ1) is 9.06. The van der Waals surface area contributed by atoms with E-state index >= 15 is 0 Å². The molecular weight excluding hydrogens is 246 g/mol. The summed E-state index contributed by atoms with van der Waals surface area (Å²) < 4.78 is 5.49. The number of benzene rings is 2. The molecule has 0 atom stereocenters. The van der Waals surface area contributed by atoms with Crippen LogP contribution in [0.15, 0.2) is 45.6 Å². The minimum absolute atomic E-state index is 0.00310. The molecule has 0 fully saturated rings. The molecular formula is C14H9NO4. The molecule has 0 radical (unpaired) electrons. The third kappa shape index (κ3) is 1.76. The van der Waals surface area contributed by atoms with Crippen molar-refractivity contribution in [3.05, 3.63) is 62.5 Å². The van der Waals surface area contributed by atoms with Crippen LogP contribution in [0.3, 0.4) is 0 Å². The van der Waals surface area contributed by atoms with Gasteiger partial charge in [-0.1, -0.05) is 6.07 Å². The first kappa shape index (κ1) is 11.4. The Morgan fingerprint density at radius 2 is 1.95 bits per heavy atom. The molecule has 0 unspecified atom stereocenters. The highest BCUT2D eigenvalue weighted by molar-refractivity contribution is 6.05. The Hall–Kier alpha value is -2.69. The first-order valence-electron chi connectivity index (χ1n) is 5.68. The van der Waals surface area contributed by atoms with Gasteiger partial charge in [-0.05, 0) is 29.8 Å². The zero-order valence-corrected chi connectivity index (χ0v) is 10.0. The number of rotatable bonds is 1. The van der Waals surface area contributed by atoms with Crippen molar-refractivity contribution in [3.63, 3.8) is 0 Å². The Morgan fingerprint density at radius 3 is 2.68 bits per heavy atom. The highest BCUT2D eigenvalue weighted by atomic mass is 16.6. The van der Waals surface area contributed by atoms with Gasteiger partial charge in [0.2, 0.25) is 0 Å². The molecule has 94 valence electrons. The van der Waals surface area contributed by atoms with Crippen molar-refractivity contribution < 1.29 is 9.34 Å². The summed E-state index contributed by atoms with van der Waals surface area (Å²) in [6.07, 6.45) is 0. The molecule has 1 heterocycles. The zero-order valence-electron chi connectivity index (χ0n) is 10.0. The van der Waals surface area contributed by atoms with Gasteiger partial charge in [-0.3, -0.25) is 14.9 Å². The number of nitro benzene ring substituents is 1. The fourth-order valence-corrected chi connectivity index (χ4v) is 2.21. The van der Waals surface area contributed by atoms with E-state index < -0.39 is 4.92 Å². The smallest absolute Gasteiger partial charge is 0.270 e. The summed E-state index contributed by atoms with van der Waals surface area (Å²) in [5, 5.41) is 12.5. The molecule has 3 rings (SSSR count). The predicted octanol–water partition coefficient (Wildman–Crippen LogP) is 3.16. The van der Waals surface area contributed by atoms with Crippen LogP contribution in [0.5, 0.6) is 0 Å². The lowest BCUT2D eigenvalue weighted by Crippen LogP contribution is -2.01. The maximum atomic E-state index is 12.0. The quantitative estimate of drug-likeness (QED) is 0.380. The van der Waals surface area contributed by atoms with E-state index in [0.717, 1.165) is 0 Å². The molecule has 0 aliphatic carbocycles. The number of nitro groups is 1. The van der Waals surface area contributed by atoms with Crippen LogP contribution in [0.2, 0.25) is 0 Å². The summed E-state index contributed by atoms with van der Waals surface area (Å²) in [7, 11) is 0. The lowest BCUT2D eigenvalue weighted by atomic mass is 10.0. The van der Waals surface area contributed by atoms with Crippen LogP contribution in [0.1, 0.15) is 5.76 Å². The van der Waals surface area contributed by atoms with Crippen molar-refractivity contribution in [2.45, 2.75) is 6.92 Å². The molecule has 0 amide bonds. The Labute approximate surface area is 107 Å². The summed E-state index contributed by atoms with van der Waals surface area (Å²) in [4.78, 5) is 22.3. The summed E-state index contributed by atoms with van der Waals surface area (Å²) in [5.74, 6) is 0.541. The van der Waals surface area contributed by atoms with Gasteiger partial charge in [0.1, 0.15) is 11.3 Å². The first-order valence-corrected chi connectivity index (χ1v) is 5.68. The normalized spacial score (nSPS) is 11.0. The number of aryl methyl sites for hydroxylation is 1. The summed E-state index contributed by atoms with van der Waals surface area (Å²) in [5.41, 5.74) is 0.355. The molecule has 19 heavy (non-hydrogen) atoms. The second kappa shape index (κ2) is 3.91. The van der Waals surface area contributed by atoms with Gasteiger partial charge in [-0.2, -0.15) is 0 Å². The highest BCUT2D eigenvalue weighted by Crippen LogP contribution is 2.26. The largest absolute Gasteiger partial charge is 0.461 e. The minimum atomic E-state index is -0.457. The molecule has 0 aliphatic rings. The summed E-state index contributed by atoms with van der Waals surface area (Å²) in [6.45, 7) is 1.71. The lowest BCUT2D eigenvalue weighted by Gasteiger charge is -2.03. The Morgan fingerprint density at radius 1 is 1.16 bits per heavy atom. The molecule has 0 spiro atoms. The Balaban J connectivity index is 2.47. The van der Waals surface area contributed by atoms with Gasteiger partial charge in [0.25, 0.3) is 5.69 Å². The van der Waals surface area contributed by atoms with Crippen LogP contribution in [0.4, 0.5) is 5.69 Å². The van der Waals surface area contributed by atoms with Gasteiger partial charge < -0.3 is 4.42 Å². The Kier molecular flexibility index (Phi) is 2.35. The predicted molar refractivity (Wildman–Crippen MR) is 71.4 cm³/mol. The molecule has 3 aromatic rings. The molecule has 2 aromatic carbocycles. The number of non-ortho nitro benzene ring substituents is 1. The van der Waals surface area contributed by atoms with E-state index in [-0.39, 0.29) is 11.1 Å². The molecule has 0 saturated carbocycles. The number of fused-ring (bicyclic) bond motifs is 3. The lowest BCUT2D eigenvalue weighted by molar-refractivity contribution is -0.384. The second-order valence-electron chi connectivity index (χ2n) is 4.32.